The fourth-order valence-electron chi connectivity index (χ4n) is 4.85. The summed E-state index contributed by atoms with van der Waals surface area (Å²) in [5.74, 6) is 1.37. The third kappa shape index (κ3) is 4.09. The molecule has 0 bridgehead atoms. The highest BCUT2D eigenvalue weighted by Gasteiger charge is 2.54. The summed E-state index contributed by atoms with van der Waals surface area (Å²) in [7, 11) is 3.47. The van der Waals surface area contributed by atoms with Crippen molar-refractivity contribution in [1.82, 2.24) is 0 Å². The average Bonchev–Trinajstić information content (AvgIpc) is 3.09. The molecule has 0 aromatic rings. The highest BCUT2D eigenvalue weighted by Crippen LogP contribution is 2.50. The smallest absolute Gasteiger partial charge is 0.182 e. The molecule has 0 aromatic heterocycles. The predicted octanol–water partition coefficient (Wildman–Crippen LogP) is 4.84. The van der Waals surface area contributed by atoms with Gasteiger partial charge in [-0.05, 0) is 70.3 Å². The molecule has 1 aliphatic carbocycles. The van der Waals surface area contributed by atoms with Crippen LogP contribution in [0.5, 0.6) is 0 Å². The zero-order valence-electron chi connectivity index (χ0n) is 17.3. The van der Waals surface area contributed by atoms with Gasteiger partial charge in [-0.25, -0.2) is 0 Å². The molecule has 2 aliphatic heterocycles. The summed E-state index contributed by atoms with van der Waals surface area (Å²) < 4.78 is 23.5. The molecule has 2 saturated heterocycles. The highest BCUT2D eigenvalue weighted by atomic mass is 16.8. The van der Waals surface area contributed by atoms with E-state index in [1.165, 1.54) is 17.6 Å². The summed E-state index contributed by atoms with van der Waals surface area (Å²) in [6, 6.07) is 0. The van der Waals surface area contributed by atoms with Crippen LogP contribution in [0, 0.1) is 17.8 Å². The van der Waals surface area contributed by atoms with Gasteiger partial charge in [0.15, 0.2) is 12.6 Å². The van der Waals surface area contributed by atoms with Crippen molar-refractivity contribution in [2.24, 2.45) is 17.8 Å². The van der Waals surface area contributed by atoms with Gasteiger partial charge in [-0.2, -0.15) is 0 Å². The van der Waals surface area contributed by atoms with E-state index in [0.717, 1.165) is 25.7 Å². The highest BCUT2D eigenvalue weighted by molar-refractivity contribution is 5.20. The standard InChI is InChI=1S/C22H36O4/c1-14(2)8-7-9-15(3)16-12-13-22(4)18(26-22)11-10-17-19(16)21(24-6)25-20(17)23-5/h8,10,15-16,18-21H,7,9,11-13H2,1-6H3/b17-10+/t15-,16+,18-,19+,20+,21+,22+/m0/s1. The molecule has 4 nitrogen and oxygen atoms in total. The maximum Gasteiger partial charge on any atom is 0.182 e. The van der Waals surface area contributed by atoms with Gasteiger partial charge in [-0.1, -0.05) is 24.6 Å². The molecule has 0 unspecified atom stereocenters. The van der Waals surface area contributed by atoms with Gasteiger partial charge in [0.2, 0.25) is 0 Å². The predicted molar refractivity (Wildman–Crippen MR) is 103 cm³/mol. The van der Waals surface area contributed by atoms with Crippen molar-refractivity contribution >= 4 is 0 Å². The van der Waals surface area contributed by atoms with Crippen LogP contribution in [0.1, 0.15) is 59.8 Å². The molecular weight excluding hydrogens is 328 g/mol. The van der Waals surface area contributed by atoms with Gasteiger partial charge in [0, 0.05) is 20.1 Å². The Labute approximate surface area is 158 Å². The van der Waals surface area contributed by atoms with E-state index in [0.29, 0.717) is 17.9 Å². The largest absolute Gasteiger partial charge is 0.366 e. The normalized spacial score (nSPS) is 42.4. The second-order valence-electron chi connectivity index (χ2n) is 8.73. The van der Waals surface area contributed by atoms with Gasteiger partial charge in [-0.15, -0.1) is 0 Å². The molecule has 0 amide bonds. The lowest BCUT2D eigenvalue weighted by molar-refractivity contribution is -0.194. The van der Waals surface area contributed by atoms with E-state index in [1.807, 2.05) is 0 Å². The van der Waals surface area contributed by atoms with E-state index < -0.39 is 0 Å². The van der Waals surface area contributed by atoms with Crippen LogP contribution in [0.3, 0.4) is 0 Å². The zero-order valence-corrected chi connectivity index (χ0v) is 17.3. The summed E-state index contributed by atoms with van der Waals surface area (Å²) in [4.78, 5) is 0. The Morgan fingerprint density at radius 2 is 2.12 bits per heavy atom. The van der Waals surface area contributed by atoms with Crippen molar-refractivity contribution in [3.05, 3.63) is 23.3 Å². The first-order valence-corrected chi connectivity index (χ1v) is 10.1. The van der Waals surface area contributed by atoms with Crippen molar-refractivity contribution in [3.8, 4) is 0 Å². The molecule has 0 aromatic carbocycles. The molecule has 2 fully saturated rings. The molecule has 148 valence electrons. The number of allylic oxidation sites excluding steroid dienone is 2. The Bertz CT molecular complexity index is 550. The van der Waals surface area contributed by atoms with E-state index in [1.54, 1.807) is 14.2 Å². The SMILES string of the molecule is CO[C@@H]1O[C@@H](OC)[C@H]2/C1=C\C[C@@H]1O[C@]1(C)CC[C@@H]2[C@@H](C)CCC=C(C)C. The topological polar surface area (TPSA) is 40.2 Å². The minimum absolute atomic E-state index is 0.0551. The minimum atomic E-state index is -0.291. The molecule has 0 N–H and O–H groups in total. The van der Waals surface area contributed by atoms with Crippen LogP contribution < -0.4 is 0 Å². The maximum atomic E-state index is 6.09. The van der Waals surface area contributed by atoms with Gasteiger partial charge in [-0.3, -0.25) is 0 Å². The third-order valence-electron chi connectivity index (χ3n) is 6.60. The summed E-state index contributed by atoms with van der Waals surface area (Å²) in [6.45, 7) is 9.00. The first-order valence-electron chi connectivity index (χ1n) is 10.1. The Morgan fingerprint density at radius 1 is 1.35 bits per heavy atom. The van der Waals surface area contributed by atoms with E-state index in [2.05, 4.69) is 39.8 Å². The Balaban J connectivity index is 1.84. The van der Waals surface area contributed by atoms with E-state index in [9.17, 15) is 0 Å². The molecular formula is C22H36O4. The van der Waals surface area contributed by atoms with Crippen molar-refractivity contribution in [3.63, 3.8) is 0 Å². The lowest BCUT2D eigenvalue weighted by atomic mass is 9.74. The lowest BCUT2D eigenvalue weighted by Gasteiger charge is -2.32. The second kappa shape index (κ2) is 8.14. The van der Waals surface area contributed by atoms with Crippen molar-refractivity contribution in [2.45, 2.75) is 84.1 Å². The summed E-state index contributed by atoms with van der Waals surface area (Å²) in [5.41, 5.74) is 2.71. The molecule has 0 spiro atoms. The summed E-state index contributed by atoms with van der Waals surface area (Å²) >= 11 is 0. The van der Waals surface area contributed by atoms with Crippen LogP contribution in [0.4, 0.5) is 0 Å². The van der Waals surface area contributed by atoms with E-state index >= 15 is 0 Å². The number of fused-ring (bicyclic) bond motifs is 2. The quantitative estimate of drug-likeness (QED) is 0.499. The van der Waals surface area contributed by atoms with Crippen molar-refractivity contribution in [2.75, 3.05) is 14.2 Å². The van der Waals surface area contributed by atoms with Crippen molar-refractivity contribution in [1.29, 1.82) is 0 Å². The van der Waals surface area contributed by atoms with E-state index in [-0.39, 0.29) is 24.1 Å². The number of hydrogen-bond donors (Lipinski definition) is 0. The number of methoxy groups -OCH3 is 2. The molecule has 26 heavy (non-hydrogen) atoms. The lowest BCUT2D eigenvalue weighted by Crippen LogP contribution is -2.31. The summed E-state index contributed by atoms with van der Waals surface area (Å²) in [6.07, 6.45) is 10.0. The number of rotatable bonds is 6. The van der Waals surface area contributed by atoms with Crippen LogP contribution in [0.25, 0.3) is 0 Å². The molecule has 0 saturated carbocycles. The van der Waals surface area contributed by atoms with Gasteiger partial charge < -0.3 is 18.9 Å². The molecule has 3 aliphatic rings. The number of hydrogen-bond acceptors (Lipinski definition) is 4. The van der Waals surface area contributed by atoms with Crippen LogP contribution in [-0.4, -0.2) is 38.5 Å². The Kier molecular flexibility index (Phi) is 6.28. The van der Waals surface area contributed by atoms with Crippen molar-refractivity contribution < 1.29 is 18.9 Å². The van der Waals surface area contributed by atoms with Gasteiger partial charge in [0.25, 0.3) is 0 Å². The van der Waals surface area contributed by atoms with Gasteiger partial charge >= 0.3 is 0 Å². The Hall–Kier alpha value is -0.680. The first-order chi connectivity index (χ1) is 12.4. The van der Waals surface area contributed by atoms with Gasteiger partial charge in [0.05, 0.1) is 11.7 Å². The third-order valence-corrected chi connectivity index (χ3v) is 6.60. The summed E-state index contributed by atoms with van der Waals surface area (Å²) in [5, 5.41) is 0. The fraction of sp³-hybridized carbons (Fsp3) is 0.818. The molecule has 4 heteroatoms. The van der Waals surface area contributed by atoms with Crippen LogP contribution in [0.15, 0.2) is 23.3 Å². The monoisotopic (exact) mass is 364 g/mol. The number of epoxide rings is 1. The zero-order chi connectivity index (χ0) is 18.9. The average molecular weight is 365 g/mol. The van der Waals surface area contributed by atoms with Crippen LogP contribution in [0.2, 0.25) is 0 Å². The molecule has 2 heterocycles. The number of ether oxygens (including phenoxy) is 4. The molecule has 3 rings (SSSR count). The minimum Gasteiger partial charge on any atom is -0.366 e. The van der Waals surface area contributed by atoms with E-state index in [4.69, 9.17) is 18.9 Å². The second-order valence-corrected chi connectivity index (χ2v) is 8.73. The fourth-order valence-corrected chi connectivity index (χ4v) is 4.85. The molecule has 0 radical (unpaired) electrons. The first kappa shape index (κ1) is 20.1. The Morgan fingerprint density at radius 3 is 2.77 bits per heavy atom. The van der Waals surface area contributed by atoms with Crippen LogP contribution in [-0.2, 0) is 18.9 Å². The maximum absolute atomic E-state index is 6.09. The van der Waals surface area contributed by atoms with Gasteiger partial charge in [0.1, 0.15) is 0 Å². The van der Waals surface area contributed by atoms with Crippen LogP contribution >= 0.6 is 0 Å². The molecule has 7 atom stereocenters.